The van der Waals surface area contributed by atoms with Crippen molar-refractivity contribution in [2.45, 2.75) is 40.7 Å². The number of imidazole rings is 1. The molecule has 1 aromatic carbocycles. The first-order valence-electron chi connectivity index (χ1n) is 10.5. The Balaban J connectivity index is 1.83. The highest BCUT2D eigenvalue weighted by atomic mass is 19.1. The van der Waals surface area contributed by atoms with E-state index in [0.717, 1.165) is 46.1 Å². The number of aromatic nitrogens is 3. The third-order valence-electron chi connectivity index (χ3n) is 5.13. The van der Waals surface area contributed by atoms with Gasteiger partial charge in [0.1, 0.15) is 5.82 Å². The van der Waals surface area contributed by atoms with Gasteiger partial charge in [0.2, 0.25) is 0 Å². The molecule has 4 rings (SSSR count). The van der Waals surface area contributed by atoms with Gasteiger partial charge in [0.25, 0.3) is 0 Å². The smallest absolute Gasteiger partial charge is 0.165 e. The summed E-state index contributed by atoms with van der Waals surface area (Å²) in [5, 5.41) is 0. The number of nitrogens with zero attached hydrogens (tertiary/aromatic N) is 3. The maximum absolute atomic E-state index is 14.3. The van der Waals surface area contributed by atoms with Gasteiger partial charge >= 0.3 is 0 Å². The van der Waals surface area contributed by atoms with Crippen molar-refractivity contribution in [1.82, 2.24) is 14.5 Å². The van der Waals surface area contributed by atoms with E-state index in [-0.39, 0.29) is 11.6 Å². The minimum Gasteiger partial charge on any atom is -0.490 e. The van der Waals surface area contributed by atoms with Crippen molar-refractivity contribution in [2.75, 3.05) is 19.8 Å². The fourth-order valence-corrected chi connectivity index (χ4v) is 3.84. The lowest BCUT2D eigenvalue weighted by Crippen LogP contribution is -2.07. The predicted molar refractivity (Wildman–Crippen MR) is 115 cm³/mol. The molecule has 6 heteroatoms. The molecule has 30 heavy (non-hydrogen) atoms. The van der Waals surface area contributed by atoms with Gasteiger partial charge in [-0.05, 0) is 50.1 Å². The van der Waals surface area contributed by atoms with Crippen molar-refractivity contribution in [3.63, 3.8) is 0 Å². The highest BCUT2D eigenvalue weighted by Crippen LogP contribution is 2.33. The van der Waals surface area contributed by atoms with E-state index in [2.05, 4.69) is 21.7 Å². The first-order valence-corrected chi connectivity index (χ1v) is 10.5. The first-order chi connectivity index (χ1) is 14.4. The van der Waals surface area contributed by atoms with E-state index in [1.807, 2.05) is 27.7 Å². The zero-order chi connectivity index (χ0) is 21.3. The number of aryl methyl sites for hydroxylation is 2. The number of ether oxygens (including phenoxy) is 2. The maximum Gasteiger partial charge on any atom is 0.165 e. The number of fused-ring (bicyclic) bond motifs is 1. The highest BCUT2D eigenvalue weighted by molar-refractivity contribution is 5.69. The van der Waals surface area contributed by atoms with E-state index in [0.29, 0.717) is 32.3 Å². The average molecular weight is 410 g/mol. The zero-order valence-electron chi connectivity index (χ0n) is 18.0. The van der Waals surface area contributed by atoms with E-state index in [4.69, 9.17) is 14.5 Å². The molecule has 0 atom stereocenters. The molecule has 0 fully saturated rings. The number of rotatable bonds is 5. The molecule has 2 aromatic heterocycles. The van der Waals surface area contributed by atoms with Crippen LogP contribution in [-0.2, 0) is 17.7 Å². The van der Waals surface area contributed by atoms with E-state index in [9.17, 15) is 4.39 Å². The number of pyridine rings is 1. The van der Waals surface area contributed by atoms with Crippen LogP contribution in [0.4, 0.5) is 4.39 Å². The molecule has 3 heterocycles. The molecular formula is C24H28FN3O2. The SMILES string of the molecule is Cc1cc(-c2nc(-c3ccc(F)c(OCC(C)C)c3)n3c2CCOCC3)cc(C)n1. The van der Waals surface area contributed by atoms with Crippen molar-refractivity contribution in [1.29, 1.82) is 0 Å². The number of halogens is 1. The van der Waals surface area contributed by atoms with Crippen LogP contribution >= 0.6 is 0 Å². The Morgan fingerprint density at radius 3 is 2.57 bits per heavy atom. The number of benzene rings is 1. The second-order valence-corrected chi connectivity index (χ2v) is 8.23. The summed E-state index contributed by atoms with van der Waals surface area (Å²) in [6.07, 6.45) is 0.778. The summed E-state index contributed by atoms with van der Waals surface area (Å²) in [5.41, 5.74) is 5.90. The topological polar surface area (TPSA) is 49.2 Å². The van der Waals surface area contributed by atoms with Crippen LogP contribution in [0, 0.1) is 25.6 Å². The molecule has 0 aliphatic carbocycles. The Bertz CT molecular complexity index is 1040. The summed E-state index contributed by atoms with van der Waals surface area (Å²) in [5.74, 6) is 1.04. The standard InChI is InChI=1S/C24H28FN3O2/c1-15(2)14-30-22-13-18(5-6-20(22)25)24-27-23(19-11-16(3)26-17(4)12-19)21-7-9-29-10-8-28(21)24/h5-6,11-13,15H,7-10,14H2,1-4H3. The summed E-state index contributed by atoms with van der Waals surface area (Å²) >= 11 is 0. The molecule has 0 spiro atoms. The fourth-order valence-electron chi connectivity index (χ4n) is 3.84. The predicted octanol–water partition coefficient (Wildman–Crippen LogP) is 4.98. The third kappa shape index (κ3) is 4.24. The van der Waals surface area contributed by atoms with Crippen LogP contribution in [0.1, 0.15) is 30.9 Å². The van der Waals surface area contributed by atoms with Crippen molar-refractivity contribution < 1.29 is 13.9 Å². The molecule has 5 nitrogen and oxygen atoms in total. The molecule has 0 saturated heterocycles. The van der Waals surface area contributed by atoms with E-state index in [1.165, 1.54) is 6.07 Å². The summed E-state index contributed by atoms with van der Waals surface area (Å²) in [7, 11) is 0. The van der Waals surface area contributed by atoms with Crippen LogP contribution < -0.4 is 4.74 Å². The lowest BCUT2D eigenvalue weighted by Gasteiger charge is -2.12. The Morgan fingerprint density at radius 2 is 1.83 bits per heavy atom. The van der Waals surface area contributed by atoms with Crippen LogP contribution in [-0.4, -0.2) is 34.4 Å². The summed E-state index contributed by atoms with van der Waals surface area (Å²) in [6, 6.07) is 9.11. The van der Waals surface area contributed by atoms with Gasteiger partial charge in [-0.1, -0.05) is 13.8 Å². The molecule has 3 aromatic rings. The van der Waals surface area contributed by atoms with Gasteiger partial charge in [-0.3, -0.25) is 4.98 Å². The Morgan fingerprint density at radius 1 is 1.07 bits per heavy atom. The van der Waals surface area contributed by atoms with Gasteiger partial charge in [-0.15, -0.1) is 0 Å². The van der Waals surface area contributed by atoms with Crippen LogP contribution in [0.25, 0.3) is 22.6 Å². The second kappa shape index (κ2) is 8.56. The van der Waals surface area contributed by atoms with Gasteiger partial charge in [0, 0.05) is 41.2 Å². The number of hydrogen-bond donors (Lipinski definition) is 0. The van der Waals surface area contributed by atoms with E-state index in [1.54, 1.807) is 12.1 Å². The van der Waals surface area contributed by atoms with E-state index >= 15 is 0 Å². The van der Waals surface area contributed by atoms with E-state index < -0.39 is 0 Å². The summed E-state index contributed by atoms with van der Waals surface area (Å²) in [4.78, 5) is 9.52. The highest BCUT2D eigenvalue weighted by Gasteiger charge is 2.22. The fraction of sp³-hybridized carbons (Fsp3) is 0.417. The minimum atomic E-state index is -0.356. The molecule has 0 unspecified atom stereocenters. The second-order valence-electron chi connectivity index (χ2n) is 8.23. The van der Waals surface area contributed by atoms with Crippen LogP contribution in [0.5, 0.6) is 5.75 Å². The minimum absolute atomic E-state index is 0.264. The lowest BCUT2D eigenvalue weighted by molar-refractivity contribution is 0.140. The van der Waals surface area contributed by atoms with Crippen LogP contribution in [0.3, 0.4) is 0 Å². The van der Waals surface area contributed by atoms with Gasteiger partial charge < -0.3 is 14.0 Å². The maximum atomic E-state index is 14.3. The van der Waals surface area contributed by atoms with Crippen molar-refractivity contribution in [3.8, 4) is 28.4 Å². The molecule has 0 bridgehead atoms. The average Bonchev–Trinajstić information content (AvgIpc) is 2.88. The Kier molecular flexibility index (Phi) is 5.86. The van der Waals surface area contributed by atoms with Crippen molar-refractivity contribution >= 4 is 0 Å². The first kappa shape index (κ1) is 20.5. The van der Waals surface area contributed by atoms with Gasteiger partial charge in [-0.25, -0.2) is 9.37 Å². The molecule has 158 valence electrons. The van der Waals surface area contributed by atoms with Crippen LogP contribution in [0.15, 0.2) is 30.3 Å². The van der Waals surface area contributed by atoms with Crippen molar-refractivity contribution in [3.05, 3.63) is 53.2 Å². The summed E-state index contributed by atoms with van der Waals surface area (Å²) in [6.45, 7) is 10.5. The molecular weight excluding hydrogens is 381 g/mol. The van der Waals surface area contributed by atoms with Crippen LogP contribution in [0.2, 0.25) is 0 Å². The van der Waals surface area contributed by atoms with Gasteiger partial charge in [-0.2, -0.15) is 0 Å². The molecule has 1 aliphatic rings. The Labute approximate surface area is 176 Å². The molecule has 1 aliphatic heterocycles. The molecule has 0 saturated carbocycles. The third-order valence-corrected chi connectivity index (χ3v) is 5.13. The van der Waals surface area contributed by atoms with Gasteiger partial charge in [0.15, 0.2) is 11.6 Å². The molecule has 0 N–H and O–H groups in total. The lowest BCUT2D eigenvalue weighted by atomic mass is 10.1. The normalized spacial score (nSPS) is 13.9. The quantitative estimate of drug-likeness (QED) is 0.597. The zero-order valence-corrected chi connectivity index (χ0v) is 18.0. The van der Waals surface area contributed by atoms with Crippen molar-refractivity contribution in [2.24, 2.45) is 5.92 Å². The monoisotopic (exact) mass is 409 g/mol. The largest absolute Gasteiger partial charge is 0.490 e. The summed E-state index contributed by atoms with van der Waals surface area (Å²) < 4.78 is 28.0. The molecule has 0 amide bonds. The number of hydrogen-bond acceptors (Lipinski definition) is 4. The molecule has 0 radical (unpaired) electrons. The van der Waals surface area contributed by atoms with Gasteiger partial charge in [0.05, 0.1) is 25.5 Å². The Hall–Kier alpha value is -2.73.